The Bertz CT molecular complexity index is 726. The lowest BCUT2D eigenvalue weighted by atomic mass is 9.85. The maximum Gasteiger partial charge on any atom is 0.267 e. The number of rotatable bonds is 3. The van der Waals surface area contributed by atoms with Crippen molar-refractivity contribution in [1.29, 1.82) is 0 Å². The summed E-state index contributed by atoms with van der Waals surface area (Å²) in [5.41, 5.74) is 2.64. The van der Waals surface area contributed by atoms with Gasteiger partial charge in [0.25, 0.3) is 5.91 Å². The minimum Gasteiger partial charge on any atom is -0.381 e. The zero-order valence-corrected chi connectivity index (χ0v) is 13.7. The fraction of sp³-hybridized carbons (Fsp3) is 0.222. The number of nitrogens with zero attached hydrogens (tertiary/aromatic N) is 2. The van der Waals surface area contributed by atoms with E-state index >= 15 is 0 Å². The van der Waals surface area contributed by atoms with Gasteiger partial charge in [-0.3, -0.25) is 4.79 Å². The summed E-state index contributed by atoms with van der Waals surface area (Å²) in [7, 11) is 3.43. The number of likely N-dealkylation sites (N-methyl/N-ethyl adjacent to an activating group) is 1. The molecular weight excluding hydrogens is 312 g/mol. The van der Waals surface area contributed by atoms with E-state index < -0.39 is 6.10 Å². The standard InChI is InChI=1S/C18H17ClN2O2/c1-21(2)18(22)17-15(12-6-4-3-5-7-12)16(20-23-17)13-8-10-14(19)11-9-13/h3-11,15,17H,1-2H3/t15-,17-/m0/s1. The van der Waals surface area contributed by atoms with Gasteiger partial charge in [0.2, 0.25) is 6.10 Å². The van der Waals surface area contributed by atoms with Crippen LogP contribution in [-0.2, 0) is 9.63 Å². The van der Waals surface area contributed by atoms with Crippen LogP contribution in [-0.4, -0.2) is 36.7 Å². The molecule has 0 bridgehead atoms. The molecule has 0 radical (unpaired) electrons. The van der Waals surface area contributed by atoms with Crippen molar-refractivity contribution < 1.29 is 9.63 Å². The minimum atomic E-state index is -0.655. The first-order valence-electron chi connectivity index (χ1n) is 7.33. The van der Waals surface area contributed by atoms with Crippen molar-refractivity contribution >= 4 is 23.2 Å². The van der Waals surface area contributed by atoms with Crippen molar-refractivity contribution in [3.63, 3.8) is 0 Å². The molecule has 23 heavy (non-hydrogen) atoms. The van der Waals surface area contributed by atoms with Gasteiger partial charge >= 0.3 is 0 Å². The first-order valence-corrected chi connectivity index (χ1v) is 7.71. The molecular formula is C18H17ClN2O2. The summed E-state index contributed by atoms with van der Waals surface area (Å²) < 4.78 is 0. The molecule has 0 saturated carbocycles. The maximum absolute atomic E-state index is 12.5. The third-order valence-corrected chi connectivity index (χ3v) is 4.10. The second-order valence-electron chi connectivity index (χ2n) is 5.63. The van der Waals surface area contributed by atoms with Crippen LogP contribution in [0.15, 0.2) is 59.8 Å². The third kappa shape index (κ3) is 3.08. The molecule has 0 N–H and O–H groups in total. The van der Waals surface area contributed by atoms with Crippen molar-refractivity contribution in [2.24, 2.45) is 5.16 Å². The summed E-state index contributed by atoms with van der Waals surface area (Å²) in [6, 6.07) is 17.2. The molecule has 4 nitrogen and oxygen atoms in total. The highest BCUT2D eigenvalue weighted by Gasteiger charge is 2.41. The number of amides is 1. The van der Waals surface area contributed by atoms with E-state index in [-0.39, 0.29) is 11.8 Å². The van der Waals surface area contributed by atoms with Gasteiger partial charge in [-0.1, -0.05) is 59.2 Å². The minimum absolute atomic E-state index is 0.105. The second-order valence-corrected chi connectivity index (χ2v) is 6.07. The fourth-order valence-corrected chi connectivity index (χ4v) is 2.79. The van der Waals surface area contributed by atoms with Gasteiger partial charge in [-0.2, -0.15) is 0 Å². The van der Waals surface area contributed by atoms with Crippen LogP contribution in [0.25, 0.3) is 0 Å². The van der Waals surface area contributed by atoms with E-state index in [0.717, 1.165) is 16.8 Å². The predicted octanol–water partition coefficient (Wildman–Crippen LogP) is 3.31. The molecule has 118 valence electrons. The molecule has 2 atom stereocenters. The van der Waals surface area contributed by atoms with Crippen molar-refractivity contribution in [3.8, 4) is 0 Å². The van der Waals surface area contributed by atoms with Gasteiger partial charge in [0.05, 0.1) is 11.6 Å². The molecule has 0 aliphatic carbocycles. The Morgan fingerprint density at radius 2 is 1.74 bits per heavy atom. The number of carbonyl (C=O) groups is 1. The van der Waals surface area contributed by atoms with Gasteiger partial charge in [-0.25, -0.2) is 0 Å². The Kier molecular flexibility index (Phi) is 4.35. The molecule has 1 aliphatic heterocycles. The van der Waals surface area contributed by atoms with Gasteiger partial charge in [0.15, 0.2) is 0 Å². The number of halogens is 1. The predicted molar refractivity (Wildman–Crippen MR) is 90.7 cm³/mol. The summed E-state index contributed by atoms with van der Waals surface area (Å²) >= 11 is 5.96. The van der Waals surface area contributed by atoms with Gasteiger partial charge in [-0.15, -0.1) is 0 Å². The van der Waals surface area contributed by atoms with E-state index in [0.29, 0.717) is 5.02 Å². The summed E-state index contributed by atoms with van der Waals surface area (Å²) in [5, 5.41) is 4.86. The Hall–Kier alpha value is -2.33. The van der Waals surface area contributed by atoms with E-state index in [4.69, 9.17) is 16.4 Å². The Morgan fingerprint density at radius 1 is 1.09 bits per heavy atom. The largest absolute Gasteiger partial charge is 0.381 e. The quantitative estimate of drug-likeness (QED) is 0.867. The number of benzene rings is 2. The fourth-order valence-electron chi connectivity index (χ4n) is 2.66. The zero-order chi connectivity index (χ0) is 16.4. The third-order valence-electron chi connectivity index (χ3n) is 3.84. The zero-order valence-electron chi connectivity index (χ0n) is 12.9. The van der Waals surface area contributed by atoms with Crippen LogP contribution in [0.1, 0.15) is 17.0 Å². The highest BCUT2D eigenvalue weighted by Crippen LogP contribution is 2.33. The monoisotopic (exact) mass is 328 g/mol. The molecule has 1 aliphatic rings. The van der Waals surface area contributed by atoms with Gasteiger partial charge in [0, 0.05) is 24.7 Å². The topological polar surface area (TPSA) is 41.9 Å². The van der Waals surface area contributed by atoms with E-state index in [1.54, 1.807) is 14.1 Å². The number of hydrogen-bond donors (Lipinski definition) is 0. The van der Waals surface area contributed by atoms with Crippen molar-refractivity contribution in [1.82, 2.24) is 4.90 Å². The SMILES string of the molecule is CN(C)C(=O)[C@H]1ON=C(c2ccc(Cl)cc2)[C@@H]1c1ccccc1. The van der Waals surface area contributed by atoms with Crippen molar-refractivity contribution in [3.05, 3.63) is 70.7 Å². The van der Waals surface area contributed by atoms with Crippen LogP contribution in [0.5, 0.6) is 0 Å². The van der Waals surface area contributed by atoms with Crippen LogP contribution >= 0.6 is 11.6 Å². The average Bonchev–Trinajstić information content (AvgIpc) is 3.00. The molecule has 1 heterocycles. The molecule has 0 saturated heterocycles. The molecule has 0 fully saturated rings. The highest BCUT2D eigenvalue weighted by molar-refractivity contribution is 6.30. The highest BCUT2D eigenvalue weighted by atomic mass is 35.5. The lowest BCUT2D eigenvalue weighted by Gasteiger charge is -2.21. The molecule has 0 spiro atoms. The van der Waals surface area contributed by atoms with Crippen LogP contribution in [0.3, 0.4) is 0 Å². The Morgan fingerprint density at radius 3 is 2.35 bits per heavy atom. The first-order chi connectivity index (χ1) is 11.1. The smallest absolute Gasteiger partial charge is 0.267 e. The van der Waals surface area contributed by atoms with Crippen LogP contribution < -0.4 is 0 Å². The summed E-state index contributed by atoms with van der Waals surface area (Å²) in [6.07, 6.45) is -0.655. The summed E-state index contributed by atoms with van der Waals surface area (Å²) in [5.74, 6) is -0.348. The first kappa shape index (κ1) is 15.6. The Labute approximate surface area is 140 Å². The Balaban J connectivity index is 2.02. The number of hydrogen-bond acceptors (Lipinski definition) is 3. The molecule has 2 aromatic carbocycles. The van der Waals surface area contributed by atoms with E-state index in [1.807, 2.05) is 54.6 Å². The molecule has 3 rings (SSSR count). The van der Waals surface area contributed by atoms with Crippen LogP contribution in [0.2, 0.25) is 5.02 Å². The summed E-state index contributed by atoms with van der Waals surface area (Å²) in [4.78, 5) is 19.5. The van der Waals surface area contributed by atoms with E-state index in [2.05, 4.69) is 5.16 Å². The lowest BCUT2D eigenvalue weighted by Crippen LogP contribution is -2.38. The molecule has 1 amide bonds. The van der Waals surface area contributed by atoms with Crippen LogP contribution in [0.4, 0.5) is 0 Å². The van der Waals surface area contributed by atoms with Crippen molar-refractivity contribution in [2.45, 2.75) is 12.0 Å². The van der Waals surface area contributed by atoms with Crippen molar-refractivity contribution in [2.75, 3.05) is 14.1 Å². The van der Waals surface area contributed by atoms with E-state index in [1.165, 1.54) is 4.90 Å². The molecule has 0 aromatic heterocycles. The van der Waals surface area contributed by atoms with Gasteiger partial charge in [0.1, 0.15) is 0 Å². The maximum atomic E-state index is 12.5. The molecule has 0 unspecified atom stereocenters. The summed E-state index contributed by atoms with van der Waals surface area (Å²) in [6.45, 7) is 0. The average molecular weight is 329 g/mol. The number of oxime groups is 1. The van der Waals surface area contributed by atoms with Crippen LogP contribution in [0, 0.1) is 0 Å². The number of carbonyl (C=O) groups excluding carboxylic acids is 1. The normalized spacial score (nSPS) is 19.9. The van der Waals surface area contributed by atoms with Gasteiger partial charge < -0.3 is 9.74 Å². The lowest BCUT2D eigenvalue weighted by molar-refractivity contribution is -0.140. The van der Waals surface area contributed by atoms with E-state index in [9.17, 15) is 4.79 Å². The molecule has 2 aromatic rings. The van der Waals surface area contributed by atoms with Gasteiger partial charge in [-0.05, 0) is 17.7 Å². The second kappa shape index (κ2) is 6.42. The molecule has 5 heteroatoms.